The van der Waals surface area contributed by atoms with E-state index in [1.54, 1.807) is 12.4 Å². The van der Waals surface area contributed by atoms with Gasteiger partial charge < -0.3 is 15.4 Å². The molecule has 1 fully saturated rings. The molecular weight excluding hydrogens is 543 g/mol. The Morgan fingerprint density at radius 1 is 1.26 bits per heavy atom. The molecule has 1 unspecified atom stereocenters. The van der Waals surface area contributed by atoms with E-state index in [2.05, 4.69) is 55.3 Å². The topological polar surface area (TPSA) is 104 Å². The summed E-state index contributed by atoms with van der Waals surface area (Å²) >= 11 is 2.35. The number of nitriles is 1. The third-order valence-corrected chi connectivity index (χ3v) is 7.33. The predicted molar refractivity (Wildman–Crippen MR) is 134 cm³/mol. The molecule has 0 saturated carbocycles. The van der Waals surface area contributed by atoms with Crippen LogP contribution in [0.3, 0.4) is 0 Å². The second-order valence-electron chi connectivity index (χ2n) is 8.33. The molecule has 34 heavy (non-hydrogen) atoms. The van der Waals surface area contributed by atoms with E-state index in [9.17, 15) is 10.1 Å². The van der Waals surface area contributed by atoms with Gasteiger partial charge in [-0.1, -0.05) is 24.3 Å². The number of carbonyl (C=O) groups excluding carboxylic acids is 1. The van der Waals surface area contributed by atoms with E-state index in [0.717, 1.165) is 28.9 Å². The average Bonchev–Trinajstić information content (AvgIpc) is 3.49. The fourth-order valence-corrected chi connectivity index (χ4v) is 5.19. The van der Waals surface area contributed by atoms with Crippen LogP contribution in [0.5, 0.6) is 5.75 Å². The second kappa shape index (κ2) is 8.29. The molecule has 168 valence electrons. The van der Waals surface area contributed by atoms with Crippen molar-refractivity contribution in [2.75, 3.05) is 11.9 Å². The summed E-state index contributed by atoms with van der Waals surface area (Å²) in [4.78, 5) is 20.4. The van der Waals surface area contributed by atoms with E-state index < -0.39 is 0 Å². The van der Waals surface area contributed by atoms with Gasteiger partial charge in [-0.3, -0.25) is 9.20 Å². The summed E-state index contributed by atoms with van der Waals surface area (Å²) in [6.45, 7) is 1.30. The number of hydrogen-bond acceptors (Lipinski definition) is 6. The number of ether oxygens (including phenoxy) is 1. The molecule has 8 nitrogen and oxygen atoms in total. The van der Waals surface area contributed by atoms with Crippen molar-refractivity contribution in [2.24, 2.45) is 0 Å². The number of anilines is 1. The summed E-state index contributed by atoms with van der Waals surface area (Å²) in [6, 6.07) is 14.3. The smallest absolute Gasteiger partial charge is 0.222 e. The molecule has 1 atom stereocenters. The minimum absolute atomic E-state index is 0.0761. The number of fused-ring (bicyclic) bond motifs is 2. The normalized spacial score (nSPS) is 16.4. The zero-order valence-corrected chi connectivity index (χ0v) is 20.2. The first-order chi connectivity index (χ1) is 16.6. The van der Waals surface area contributed by atoms with Crippen molar-refractivity contribution in [3.05, 3.63) is 74.7 Å². The van der Waals surface area contributed by atoms with Gasteiger partial charge in [-0.25, -0.2) is 9.97 Å². The maximum absolute atomic E-state index is 11.2. The van der Waals surface area contributed by atoms with Crippen LogP contribution in [0.25, 0.3) is 16.8 Å². The van der Waals surface area contributed by atoms with Crippen molar-refractivity contribution in [3.8, 4) is 22.9 Å². The van der Waals surface area contributed by atoms with Crippen LogP contribution in [0.1, 0.15) is 34.8 Å². The number of carbonyl (C=O) groups is 1. The summed E-state index contributed by atoms with van der Waals surface area (Å²) in [5.74, 6) is 1.64. The first kappa shape index (κ1) is 20.9. The van der Waals surface area contributed by atoms with Crippen molar-refractivity contribution in [3.63, 3.8) is 0 Å². The van der Waals surface area contributed by atoms with Crippen LogP contribution >= 0.6 is 22.6 Å². The van der Waals surface area contributed by atoms with E-state index >= 15 is 0 Å². The maximum atomic E-state index is 11.2. The summed E-state index contributed by atoms with van der Waals surface area (Å²) < 4.78 is 8.73. The molecule has 0 radical (unpaired) electrons. The van der Waals surface area contributed by atoms with E-state index in [0.29, 0.717) is 36.9 Å². The standard InChI is InChI=1S/C25H19IN6O2/c26-20-5-6-22-17(7-8-34-22)19(20)12-29-25-28-11-18(24-30-16(10-27)13-32(24)25)14-1-3-15(4-2-14)21-9-23(33)31-21/h1-6,11,13,21H,7-9,12H2,(H,28,29)(H,31,33). The molecule has 1 amide bonds. The zero-order chi connectivity index (χ0) is 23.2. The Hall–Kier alpha value is -3.65. The van der Waals surface area contributed by atoms with Crippen LogP contribution in [0, 0.1) is 14.9 Å². The van der Waals surface area contributed by atoms with Crippen molar-refractivity contribution in [1.82, 2.24) is 19.7 Å². The number of aromatic nitrogens is 3. The van der Waals surface area contributed by atoms with Crippen LogP contribution < -0.4 is 15.4 Å². The van der Waals surface area contributed by atoms with E-state index in [-0.39, 0.29) is 11.9 Å². The molecule has 2 aromatic heterocycles. The lowest BCUT2D eigenvalue weighted by Crippen LogP contribution is -2.41. The van der Waals surface area contributed by atoms with Gasteiger partial charge in [0, 0.05) is 33.9 Å². The molecule has 0 spiro atoms. The highest BCUT2D eigenvalue weighted by atomic mass is 127. The van der Waals surface area contributed by atoms with Gasteiger partial charge in [0.1, 0.15) is 11.8 Å². The molecule has 2 N–H and O–H groups in total. The lowest BCUT2D eigenvalue weighted by Gasteiger charge is -2.27. The summed E-state index contributed by atoms with van der Waals surface area (Å²) in [5, 5.41) is 15.8. The van der Waals surface area contributed by atoms with Gasteiger partial charge in [0.25, 0.3) is 0 Å². The summed E-state index contributed by atoms with van der Waals surface area (Å²) in [7, 11) is 0. The molecule has 2 aliphatic heterocycles. The number of imidazole rings is 1. The summed E-state index contributed by atoms with van der Waals surface area (Å²) in [6.07, 6.45) is 4.91. The molecule has 6 rings (SSSR count). The predicted octanol–water partition coefficient (Wildman–Crippen LogP) is 3.98. The summed E-state index contributed by atoms with van der Waals surface area (Å²) in [5.41, 5.74) is 6.28. The van der Waals surface area contributed by atoms with Crippen LogP contribution in [0.4, 0.5) is 5.95 Å². The monoisotopic (exact) mass is 562 g/mol. The lowest BCUT2D eigenvalue weighted by molar-refractivity contribution is -0.128. The molecule has 0 aliphatic carbocycles. The lowest BCUT2D eigenvalue weighted by atomic mass is 9.95. The van der Waals surface area contributed by atoms with Crippen LogP contribution in [0.15, 0.2) is 48.8 Å². The number of β-lactam (4-membered cyclic amide) rings is 1. The Morgan fingerprint density at radius 3 is 2.85 bits per heavy atom. The number of benzene rings is 2. The van der Waals surface area contributed by atoms with Gasteiger partial charge >= 0.3 is 0 Å². The Labute approximate surface area is 209 Å². The highest BCUT2D eigenvalue weighted by Gasteiger charge is 2.26. The number of halogens is 1. The van der Waals surface area contributed by atoms with E-state index in [4.69, 9.17) is 4.74 Å². The largest absolute Gasteiger partial charge is 0.493 e. The molecular formula is C25H19IN6O2. The molecule has 9 heteroatoms. The highest BCUT2D eigenvalue weighted by Crippen LogP contribution is 2.33. The number of rotatable bonds is 5. The average molecular weight is 562 g/mol. The Kier molecular flexibility index (Phi) is 5.10. The van der Waals surface area contributed by atoms with Crippen LogP contribution in [0.2, 0.25) is 0 Å². The minimum Gasteiger partial charge on any atom is -0.493 e. The molecule has 1 saturated heterocycles. The highest BCUT2D eigenvalue weighted by molar-refractivity contribution is 14.1. The van der Waals surface area contributed by atoms with Gasteiger partial charge in [-0.2, -0.15) is 5.26 Å². The quantitative estimate of drug-likeness (QED) is 0.282. The van der Waals surface area contributed by atoms with Crippen molar-refractivity contribution in [2.45, 2.75) is 25.4 Å². The van der Waals surface area contributed by atoms with E-state index in [1.807, 2.05) is 34.7 Å². The second-order valence-corrected chi connectivity index (χ2v) is 9.49. The van der Waals surface area contributed by atoms with Crippen LogP contribution in [-0.2, 0) is 17.8 Å². The van der Waals surface area contributed by atoms with Gasteiger partial charge in [-0.15, -0.1) is 0 Å². The fourth-order valence-electron chi connectivity index (χ4n) is 4.49. The number of nitrogens with one attached hydrogen (secondary N) is 2. The SMILES string of the molecule is N#Cc1cn2c(NCc3c(I)ccc4c3CCO4)ncc(-c3ccc(C4CC(=O)N4)cc3)c2n1. The Balaban J connectivity index is 1.33. The first-order valence-electron chi connectivity index (χ1n) is 11.0. The van der Waals surface area contributed by atoms with Crippen molar-refractivity contribution in [1.29, 1.82) is 5.26 Å². The van der Waals surface area contributed by atoms with E-state index in [1.165, 1.54) is 14.7 Å². The van der Waals surface area contributed by atoms with Gasteiger partial charge in [0.2, 0.25) is 11.9 Å². The fraction of sp³-hybridized carbons (Fsp3) is 0.200. The number of nitrogens with zero attached hydrogens (tertiary/aromatic N) is 4. The molecule has 2 aliphatic rings. The molecule has 4 aromatic rings. The van der Waals surface area contributed by atoms with Gasteiger partial charge in [-0.05, 0) is 51.4 Å². The third kappa shape index (κ3) is 3.54. The first-order valence-corrected chi connectivity index (χ1v) is 12.0. The maximum Gasteiger partial charge on any atom is 0.222 e. The Bertz CT molecular complexity index is 1480. The third-order valence-electron chi connectivity index (χ3n) is 6.32. The van der Waals surface area contributed by atoms with Crippen molar-refractivity contribution >= 4 is 40.1 Å². The molecule has 0 bridgehead atoms. The molecule has 2 aromatic carbocycles. The molecule has 4 heterocycles. The minimum atomic E-state index is 0.0761. The van der Waals surface area contributed by atoms with Gasteiger partial charge in [0.15, 0.2) is 11.3 Å². The van der Waals surface area contributed by atoms with Gasteiger partial charge in [0.05, 0.1) is 25.3 Å². The number of amides is 1. The van der Waals surface area contributed by atoms with Crippen LogP contribution in [-0.4, -0.2) is 26.9 Å². The number of hydrogen-bond donors (Lipinski definition) is 2. The zero-order valence-electron chi connectivity index (χ0n) is 18.0. The van der Waals surface area contributed by atoms with Crippen molar-refractivity contribution < 1.29 is 9.53 Å². The Morgan fingerprint density at radius 2 is 2.09 bits per heavy atom.